The number of nitro benzene ring substituents is 1. The van der Waals surface area contributed by atoms with E-state index in [0.717, 1.165) is 0 Å². The Morgan fingerprint density at radius 1 is 1.41 bits per heavy atom. The number of nitro groups is 1. The van der Waals surface area contributed by atoms with E-state index in [4.69, 9.17) is 4.74 Å². The minimum atomic E-state index is -0.552. The second kappa shape index (κ2) is 3.84. The van der Waals surface area contributed by atoms with Gasteiger partial charge < -0.3 is 4.74 Å². The topological polar surface area (TPSA) is 69.4 Å². The van der Waals surface area contributed by atoms with Crippen molar-refractivity contribution in [1.29, 1.82) is 0 Å². The highest BCUT2D eigenvalue weighted by atomic mass is 16.6. The van der Waals surface area contributed by atoms with Crippen molar-refractivity contribution in [1.82, 2.24) is 0 Å². The molecular formula is C12H13NO4. The van der Waals surface area contributed by atoms with Crippen LogP contribution in [0.3, 0.4) is 0 Å². The molecule has 0 spiro atoms. The van der Waals surface area contributed by atoms with Gasteiger partial charge in [-0.1, -0.05) is 12.1 Å². The summed E-state index contributed by atoms with van der Waals surface area (Å²) in [5, 5.41) is 10.8. The largest absolute Gasteiger partial charge is 0.482 e. The van der Waals surface area contributed by atoms with Gasteiger partial charge in [-0.05, 0) is 19.9 Å². The second-order valence-corrected chi connectivity index (χ2v) is 4.68. The van der Waals surface area contributed by atoms with Crippen LogP contribution in [0.1, 0.15) is 20.3 Å². The van der Waals surface area contributed by atoms with E-state index < -0.39 is 10.3 Å². The van der Waals surface area contributed by atoms with Crippen LogP contribution < -0.4 is 4.74 Å². The summed E-state index contributed by atoms with van der Waals surface area (Å²) in [5.74, 6) is 0.351. The fourth-order valence-electron chi connectivity index (χ4n) is 1.78. The molecule has 1 fully saturated rings. The van der Waals surface area contributed by atoms with Crippen LogP contribution in [0.5, 0.6) is 5.75 Å². The molecule has 17 heavy (non-hydrogen) atoms. The Hall–Kier alpha value is -1.91. The molecule has 1 unspecified atom stereocenters. The monoisotopic (exact) mass is 235 g/mol. The average Bonchev–Trinajstić information content (AvgIpc) is 2.29. The van der Waals surface area contributed by atoms with Gasteiger partial charge >= 0.3 is 5.69 Å². The summed E-state index contributed by atoms with van der Waals surface area (Å²) in [7, 11) is 0. The fraction of sp³-hybridized carbons (Fsp3) is 0.417. The van der Waals surface area contributed by atoms with E-state index in [9.17, 15) is 14.9 Å². The van der Waals surface area contributed by atoms with Crippen molar-refractivity contribution < 1.29 is 14.5 Å². The lowest BCUT2D eigenvalue weighted by Crippen LogP contribution is -2.53. The number of ketones is 1. The maximum atomic E-state index is 11.4. The number of rotatable bonds is 3. The molecule has 5 heteroatoms. The van der Waals surface area contributed by atoms with Crippen LogP contribution in [0.4, 0.5) is 5.69 Å². The number of para-hydroxylation sites is 2. The van der Waals surface area contributed by atoms with Crippen molar-refractivity contribution in [3.63, 3.8) is 0 Å². The molecular weight excluding hydrogens is 222 g/mol. The van der Waals surface area contributed by atoms with Crippen LogP contribution in [0.15, 0.2) is 24.3 Å². The zero-order chi connectivity index (χ0) is 12.6. The van der Waals surface area contributed by atoms with E-state index in [1.165, 1.54) is 6.07 Å². The van der Waals surface area contributed by atoms with Gasteiger partial charge in [-0.2, -0.15) is 0 Å². The molecule has 0 aromatic heterocycles. The van der Waals surface area contributed by atoms with E-state index >= 15 is 0 Å². The number of hydrogen-bond donors (Lipinski definition) is 0. The van der Waals surface area contributed by atoms with Crippen LogP contribution >= 0.6 is 0 Å². The van der Waals surface area contributed by atoms with Gasteiger partial charge in [0.15, 0.2) is 5.75 Å². The molecule has 0 N–H and O–H groups in total. The Bertz CT molecular complexity index is 481. The molecule has 0 amide bonds. The van der Waals surface area contributed by atoms with Gasteiger partial charge in [-0.25, -0.2) is 0 Å². The van der Waals surface area contributed by atoms with Crippen molar-refractivity contribution in [3.05, 3.63) is 34.4 Å². The quantitative estimate of drug-likeness (QED) is 0.595. The van der Waals surface area contributed by atoms with Crippen molar-refractivity contribution in [2.45, 2.75) is 26.4 Å². The highest BCUT2D eigenvalue weighted by molar-refractivity contribution is 5.91. The molecule has 2 rings (SSSR count). The molecule has 1 aromatic carbocycles. The summed E-state index contributed by atoms with van der Waals surface area (Å²) in [4.78, 5) is 21.7. The zero-order valence-corrected chi connectivity index (χ0v) is 9.67. The molecule has 1 aromatic rings. The molecule has 5 nitrogen and oxygen atoms in total. The third-order valence-corrected chi connectivity index (χ3v) is 3.23. The number of Topliss-reactive ketones (excluding diaryl/α,β-unsaturated/α-hetero) is 1. The van der Waals surface area contributed by atoms with Crippen LogP contribution in [0, 0.1) is 15.5 Å². The number of nitrogens with zero attached hydrogens (tertiary/aromatic N) is 1. The molecule has 1 aliphatic rings. The maximum Gasteiger partial charge on any atom is 0.310 e. The van der Waals surface area contributed by atoms with Gasteiger partial charge in [0.25, 0.3) is 0 Å². The first-order chi connectivity index (χ1) is 7.93. The number of hydrogen-bond acceptors (Lipinski definition) is 4. The molecule has 1 atom stereocenters. The molecule has 0 saturated heterocycles. The third-order valence-electron chi connectivity index (χ3n) is 3.23. The SMILES string of the molecule is CC1(C)C(=O)CC1Oc1ccccc1[N+](=O)[O-]. The predicted molar refractivity (Wildman–Crippen MR) is 60.9 cm³/mol. The molecule has 0 heterocycles. The summed E-state index contributed by atoms with van der Waals surface area (Å²) in [6, 6.07) is 6.21. The lowest BCUT2D eigenvalue weighted by Gasteiger charge is -2.41. The predicted octanol–water partition coefficient (Wildman–Crippen LogP) is 2.34. The first-order valence-electron chi connectivity index (χ1n) is 5.36. The van der Waals surface area contributed by atoms with E-state index in [0.29, 0.717) is 6.42 Å². The Labute approximate surface area is 98.5 Å². The van der Waals surface area contributed by atoms with Crippen molar-refractivity contribution in [3.8, 4) is 5.75 Å². The highest BCUT2D eigenvalue weighted by Gasteiger charge is 2.49. The van der Waals surface area contributed by atoms with Crippen LogP contribution in [-0.2, 0) is 4.79 Å². The Kier molecular flexibility index (Phi) is 2.61. The summed E-state index contributed by atoms with van der Waals surface area (Å²) in [5.41, 5.74) is -0.619. The molecule has 1 saturated carbocycles. The molecule has 0 bridgehead atoms. The minimum absolute atomic E-state index is 0.0670. The number of benzene rings is 1. The van der Waals surface area contributed by atoms with Gasteiger partial charge in [0.1, 0.15) is 11.9 Å². The van der Waals surface area contributed by atoms with Crippen LogP contribution in [-0.4, -0.2) is 16.8 Å². The highest BCUT2D eigenvalue weighted by Crippen LogP contribution is 2.41. The van der Waals surface area contributed by atoms with E-state index in [2.05, 4.69) is 0 Å². The number of carbonyl (C=O) groups excluding carboxylic acids is 1. The summed E-state index contributed by atoms with van der Waals surface area (Å²) >= 11 is 0. The smallest absolute Gasteiger partial charge is 0.310 e. The second-order valence-electron chi connectivity index (χ2n) is 4.68. The van der Waals surface area contributed by atoms with Crippen molar-refractivity contribution >= 4 is 11.5 Å². The van der Waals surface area contributed by atoms with Gasteiger partial charge in [0.05, 0.1) is 10.3 Å². The summed E-state index contributed by atoms with van der Waals surface area (Å²) in [6.45, 7) is 3.58. The summed E-state index contributed by atoms with van der Waals surface area (Å²) in [6.07, 6.45) is 0.0371. The summed E-state index contributed by atoms with van der Waals surface area (Å²) < 4.78 is 5.57. The lowest BCUT2D eigenvalue weighted by molar-refractivity contribution is -0.386. The fourth-order valence-corrected chi connectivity index (χ4v) is 1.78. The van der Waals surface area contributed by atoms with Gasteiger partial charge in [0, 0.05) is 12.5 Å². The number of carbonyl (C=O) groups is 1. The van der Waals surface area contributed by atoms with Crippen LogP contribution in [0.25, 0.3) is 0 Å². The van der Waals surface area contributed by atoms with Gasteiger partial charge in [-0.3, -0.25) is 14.9 Å². The third kappa shape index (κ3) is 1.88. The Balaban J connectivity index is 2.20. The maximum absolute atomic E-state index is 11.4. The van der Waals surface area contributed by atoms with Crippen molar-refractivity contribution in [2.75, 3.05) is 0 Å². The molecule has 1 aliphatic carbocycles. The first-order valence-corrected chi connectivity index (χ1v) is 5.36. The van der Waals surface area contributed by atoms with E-state index in [1.807, 2.05) is 0 Å². The molecule has 0 radical (unpaired) electrons. The van der Waals surface area contributed by atoms with Crippen molar-refractivity contribution in [2.24, 2.45) is 5.41 Å². The normalized spacial score (nSPS) is 21.8. The van der Waals surface area contributed by atoms with Gasteiger partial charge in [-0.15, -0.1) is 0 Å². The van der Waals surface area contributed by atoms with Gasteiger partial charge in [0.2, 0.25) is 0 Å². The minimum Gasteiger partial charge on any atom is -0.482 e. The van der Waals surface area contributed by atoms with E-state index in [1.54, 1.807) is 32.0 Å². The zero-order valence-electron chi connectivity index (χ0n) is 9.67. The molecule has 0 aliphatic heterocycles. The molecule has 90 valence electrons. The number of ether oxygens (including phenoxy) is 1. The average molecular weight is 235 g/mol. The first kappa shape index (κ1) is 11.6. The standard InChI is InChI=1S/C12H13NO4/c1-12(2)10(14)7-11(12)17-9-6-4-3-5-8(9)13(15)16/h3-6,11H,7H2,1-2H3. The Morgan fingerprint density at radius 3 is 2.59 bits per heavy atom. The van der Waals surface area contributed by atoms with E-state index in [-0.39, 0.29) is 23.3 Å². The van der Waals surface area contributed by atoms with Crippen LogP contribution in [0.2, 0.25) is 0 Å². The lowest BCUT2D eigenvalue weighted by atomic mass is 9.68. The Morgan fingerprint density at radius 2 is 2.06 bits per heavy atom.